The van der Waals surface area contributed by atoms with Crippen LogP contribution in [0.15, 0.2) is 48.5 Å². The van der Waals surface area contributed by atoms with Crippen molar-refractivity contribution in [2.24, 2.45) is 7.05 Å². The van der Waals surface area contributed by atoms with Crippen LogP contribution in [0.25, 0.3) is 22.5 Å². The van der Waals surface area contributed by atoms with E-state index in [0.717, 1.165) is 16.7 Å². The molecule has 3 rings (SSSR count). The second-order valence-electron chi connectivity index (χ2n) is 5.54. The maximum absolute atomic E-state index is 11.5. The monoisotopic (exact) mass is 337 g/mol. The molecule has 0 aliphatic heterocycles. The summed E-state index contributed by atoms with van der Waals surface area (Å²) >= 11 is 0. The van der Waals surface area contributed by atoms with Crippen LogP contribution in [-0.4, -0.2) is 27.5 Å². The third-order valence-corrected chi connectivity index (χ3v) is 3.71. The zero-order chi connectivity index (χ0) is 17.8. The SMILES string of the molecule is CCOC(=O)Oc1nc(-c2ccccc2-c2ccc(C)cc2)n(C)n1. The molecular formula is C19H19N3O3. The number of aromatic nitrogens is 3. The van der Waals surface area contributed by atoms with Crippen LogP contribution in [0.3, 0.4) is 0 Å². The minimum absolute atomic E-state index is 0.0327. The molecule has 0 N–H and O–H groups in total. The van der Waals surface area contributed by atoms with Gasteiger partial charge in [0.1, 0.15) is 0 Å². The Kier molecular flexibility index (Phi) is 4.79. The molecule has 0 bridgehead atoms. The van der Waals surface area contributed by atoms with Crippen molar-refractivity contribution in [3.05, 3.63) is 54.1 Å². The van der Waals surface area contributed by atoms with E-state index in [1.165, 1.54) is 5.56 Å². The third-order valence-electron chi connectivity index (χ3n) is 3.71. The van der Waals surface area contributed by atoms with Crippen LogP contribution in [-0.2, 0) is 11.8 Å². The first-order chi connectivity index (χ1) is 12.1. The van der Waals surface area contributed by atoms with Crippen LogP contribution >= 0.6 is 0 Å². The van der Waals surface area contributed by atoms with Crippen molar-refractivity contribution in [2.75, 3.05) is 6.61 Å². The quantitative estimate of drug-likeness (QED) is 0.673. The summed E-state index contributed by atoms with van der Waals surface area (Å²) in [7, 11) is 1.76. The molecular weight excluding hydrogens is 318 g/mol. The highest BCUT2D eigenvalue weighted by atomic mass is 16.7. The molecule has 0 saturated carbocycles. The average Bonchev–Trinajstić information content (AvgIpc) is 2.96. The van der Waals surface area contributed by atoms with Gasteiger partial charge in [-0.25, -0.2) is 9.48 Å². The number of rotatable bonds is 4. The van der Waals surface area contributed by atoms with Crippen LogP contribution in [0.2, 0.25) is 0 Å². The standard InChI is InChI=1S/C19H19N3O3/c1-4-24-19(23)25-18-20-17(22(3)21-18)16-8-6-5-7-15(16)14-11-9-13(2)10-12-14/h5-12H,4H2,1-3H3. The molecule has 0 aliphatic carbocycles. The number of nitrogens with zero attached hydrogens (tertiary/aromatic N) is 3. The van der Waals surface area contributed by atoms with E-state index >= 15 is 0 Å². The highest BCUT2D eigenvalue weighted by molar-refractivity contribution is 5.80. The summed E-state index contributed by atoms with van der Waals surface area (Å²) in [6, 6.07) is 16.2. The van der Waals surface area contributed by atoms with Crippen molar-refractivity contribution in [1.82, 2.24) is 14.8 Å². The fourth-order valence-electron chi connectivity index (χ4n) is 2.52. The molecule has 3 aromatic rings. The van der Waals surface area contributed by atoms with Gasteiger partial charge in [-0.05, 0) is 25.0 Å². The van der Waals surface area contributed by atoms with Gasteiger partial charge in [-0.15, -0.1) is 5.10 Å². The zero-order valence-electron chi connectivity index (χ0n) is 14.4. The molecule has 0 fully saturated rings. The Morgan fingerprint density at radius 3 is 2.44 bits per heavy atom. The van der Waals surface area contributed by atoms with Crippen molar-refractivity contribution in [3.8, 4) is 28.5 Å². The van der Waals surface area contributed by atoms with E-state index < -0.39 is 6.16 Å². The largest absolute Gasteiger partial charge is 0.516 e. The Bertz CT molecular complexity index is 885. The molecule has 6 nitrogen and oxygen atoms in total. The molecule has 1 aromatic heterocycles. The number of benzene rings is 2. The molecule has 0 atom stereocenters. The summed E-state index contributed by atoms with van der Waals surface area (Å²) in [5.41, 5.74) is 4.21. The molecule has 0 aliphatic rings. The average molecular weight is 337 g/mol. The number of carbonyl (C=O) groups is 1. The first-order valence-electron chi connectivity index (χ1n) is 8.00. The minimum Gasteiger partial charge on any atom is -0.434 e. The lowest BCUT2D eigenvalue weighted by molar-refractivity contribution is 0.101. The molecule has 0 amide bonds. The number of hydrogen-bond acceptors (Lipinski definition) is 5. The molecule has 0 saturated heterocycles. The van der Waals surface area contributed by atoms with Gasteiger partial charge in [0.05, 0.1) is 6.61 Å². The van der Waals surface area contributed by atoms with Gasteiger partial charge in [0.2, 0.25) is 0 Å². The molecule has 0 radical (unpaired) electrons. The maximum Gasteiger partial charge on any atom is 0.516 e. The molecule has 0 spiro atoms. The predicted molar refractivity (Wildman–Crippen MR) is 94.3 cm³/mol. The van der Waals surface area contributed by atoms with Gasteiger partial charge in [0, 0.05) is 12.6 Å². The molecule has 1 heterocycles. The fraction of sp³-hybridized carbons (Fsp3) is 0.211. The smallest absolute Gasteiger partial charge is 0.434 e. The van der Waals surface area contributed by atoms with Gasteiger partial charge in [-0.3, -0.25) is 0 Å². The summed E-state index contributed by atoms with van der Waals surface area (Å²) in [5.74, 6) is 0.607. The number of ether oxygens (including phenoxy) is 2. The Balaban J connectivity index is 1.99. The van der Waals surface area contributed by atoms with E-state index in [9.17, 15) is 4.79 Å². The highest BCUT2D eigenvalue weighted by Gasteiger charge is 2.17. The first kappa shape index (κ1) is 16.7. The summed E-state index contributed by atoms with van der Waals surface area (Å²) in [6.45, 7) is 3.99. The van der Waals surface area contributed by atoms with E-state index in [4.69, 9.17) is 9.47 Å². The lowest BCUT2D eigenvalue weighted by Gasteiger charge is -2.09. The van der Waals surface area contributed by atoms with E-state index in [1.54, 1.807) is 18.7 Å². The summed E-state index contributed by atoms with van der Waals surface area (Å²) in [6.07, 6.45) is -0.813. The number of hydrogen-bond donors (Lipinski definition) is 0. The molecule has 6 heteroatoms. The van der Waals surface area contributed by atoms with Crippen molar-refractivity contribution in [1.29, 1.82) is 0 Å². The van der Waals surface area contributed by atoms with Crippen molar-refractivity contribution in [3.63, 3.8) is 0 Å². The predicted octanol–water partition coefficient (Wildman–Crippen LogP) is 3.99. The van der Waals surface area contributed by atoms with Crippen LogP contribution in [0.5, 0.6) is 6.01 Å². The topological polar surface area (TPSA) is 66.2 Å². The van der Waals surface area contributed by atoms with Crippen molar-refractivity contribution >= 4 is 6.16 Å². The highest BCUT2D eigenvalue weighted by Crippen LogP contribution is 2.31. The number of carbonyl (C=O) groups excluding carboxylic acids is 1. The second-order valence-corrected chi connectivity index (χ2v) is 5.54. The summed E-state index contributed by atoms with van der Waals surface area (Å²) in [4.78, 5) is 15.8. The lowest BCUT2D eigenvalue weighted by Crippen LogP contribution is -2.11. The summed E-state index contributed by atoms with van der Waals surface area (Å²) < 4.78 is 11.3. The first-order valence-corrected chi connectivity index (χ1v) is 8.00. The van der Waals surface area contributed by atoms with E-state index in [-0.39, 0.29) is 12.6 Å². The van der Waals surface area contributed by atoms with Crippen LogP contribution in [0, 0.1) is 6.92 Å². The van der Waals surface area contributed by atoms with Crippen LogP contribution in [0.4, 0.5) is 4.79 Å². The normalized spacial score (nSPS) is 10.5. The van der Waals surface area contributed by atoms with Gasteiger partial charge in [-0.1, -0.05) is 54.1 Å². The Morgan fingerprint density at radius 2 is 1.76 bits per heavy atom. The zero-order valence-corrected chi connectivity index (χ0v) is 14.4. The van der Waals surface area contributed by atoms with Crippen molar-refractivity contribution in [2.45, 2.75) is 13.8 Å². The second kappa shape index (κ2) is 7.17. The molecule has 25 heavy (non-hydrogen) atoms. The van der Waals surface area contributed by atoms with Gasteiger partial charge in [-0.2, -0.15) is 4.98 Å². The van der Waals surface area contributed by atoms with Crippen LogP contribution in [0.1, 0.15) is 12.5 Å². The Morgan fingerprint density at radius 1 is 1.08 bits per heavy atom. The fourth-order valence-corrected chi connectivity index (χ4v) is 2.52. The number of aryl methyl sites for hydroxylation is 2. The Labute approximate surface area is 146 Å². The summed E-state index contributed by atoms with van der Waals surface area (Å²) in [5, 5.41) is 4.14. The van der Waals surface area contributed by atoms with Gasteiger partial charge < -0.3 is 9.47 Å². The van der Waals surface area contributed by atoms with E-state index in [1.807, 2.05) is 24.3 Å². The molecule has 2 aromatic carbocycles. The van der Waals surface area contributed by atoms with Gasteiger partial charge >= 0.3 is 12.2 Å². The van der Waals surface area contributed by atoms with E-state index in [2.05, 4.69) is 41.3 Å². The van der Waals surface area contributed by atoms with Crippen molar-refractivity contribution < 1.29 is 14.3 Å². The third kappa shape index (κ3) is 3.68. The maximum atomic E-state index is 11.5. The minimum atomic E-state index is -0.813. The molecule has 128 valence electrons. The Hall–Kier alpha value is -3.15. The molecule has 0 unspecified atom stereocenters. The van der Waals surface area contributed by atoms with Crippen LogP contribution < -0.4 is 4.74 Å². The lowest BCUT2D eigenvalue weighted by atomic mass is 9.98. The van der Waals surface area contributed by atoms with Gasteiger partial charge in [0.25, 0.3) is 0 Å². The van der Waals surface area contributed by atoms with E-state index in [0.29, 0.717) is 5.82 Å². The van der Waals surface area contributed by atoms with Gasteiger partial charge in [0.15, 0.2) is 5.82 Å².